The Labute approximate surface area is 175 Å². The summed E-state index contributed by atoms with van der Waals surface area (Å²) in [5.41, 5.74) is 1.80. The summed E-state index contributed by atoms with van der Waals surface area (Å²) in [5.74, 6) is 1.31. The van der Waals surface area contributed by atoms with Crippen LogP contribution < -0.4 is 18.9 Å². The van der Waals surface area contributed by atoms with Gasteiger partial charge in [0.05, 0.1) is 25.9 Å². The van der Waals surface area contributed by atoms with E-state index in [4.69, 9.17) is 23.7 Å². The van der Waals surface area contributed by atoms with Gasteiger partial charge in [-0.2, -0.15) is 0 Å². The van der Waals surface area contributed by atoms with Crippen LogP contribution in [0.4, 0.5) is 0 Å². The predicted octanol–water partition coefficient (Wildman–Crippen LogP) is 3.96. The van der Waals surface area contributed by atoms with Crippen molar-refractivity contribution < 1.29 is 33.3 Å². The summed E-state index contributed by atoms with van der Waals surface area (Å²) in [6, 6.07) is 8.65. The maximum atomic E-state index is 12.9. The van der Waals surface area contributed by atoms with E-state index in [-0.39, 0.29) is 24.3 Å². The number of para-hydroxylation sites is 1. The summed E-state index contributed by atoms with van der Waals surface area (Å²) in [5, 5.41) is 0. The molecule has 0 unspecified atom stereocenters. The van der Waals surface area contributed by atoms with Crippen LogP contribution in [0.5, 0.6) is 23.0 Å². The van der Waals surface area contributed by atoms with Crippen LogP contribution in [0, 0.1) is 6.92 Å². The Morgan fingerprint density at radius 3 is 2.60 bits per heavy atom. The van der Waals surface area contributed by atoms with Crippen LogP contribution in [0.25, 0.3) is 6.08 Å². The molecule has 0 atom stereocenters. The molecular weight excluding hydrogens is 388 g/mol. The number of esters is 1. The number of aryl methyl sites for hydroxylation is 1. The van der Waals surface area contributed by atoms with E-state index in [0.29, 0.717) is 39.7 Å². The normalized spacial score (nSPS) is 13.8. The minimum Gasteiger partial charge on any atom is -0.493 e. The number of allylic oxidation sites excluding steroid dienone is 1. The highest BCUT2D eigenvalue weighted by Crippen LogP contribution is 2.39. The number of carbonyl (C=O) groups excluding carboxylic acids is 2. The third-order valence-corrected chi connectivity index (χ3v) is 4.39. The summed E-state index contributed by atoms with van der Waals surface area (Å²) in [4.78, 5) is 24.6. The monoisotopic (exact) mass is 412 g/mol. The lowest BCUT2D eigenvalue weighted by atomic mass is 10.0. The highest BCUT2D eigenvalue weighted by Gasteiger charge is 2.30. The molecule has 1 aliphatic rings. The van der Waals surface area contributed by atoms with E-state index in [2.05, 4.69) is 0 Å². The number of fused-ring (bicyclic) bond motifs is 1. The molecule has 0 bridgehead atoms. The summed E-state index contributed by atoms with van der Waals surface area (Å²) in [7, 11) is 3.08. The molecule has 7 nitrogen and oxygen atoms in total. The second-order valence-corrected chi connectivity index (χ2v) is 6.96. The number of ether oxygens (including phenoxy) is 5. The molecule has 0 amide bonds. The van der Waals surface area contributed by atoms with Gasteiger partial charge in [0.25, 0.3) is 0 Å². The number of Topliss-reactive ketones (excluding diaryl/α,β-unsaturated/α-hetero) is 1. The SMILES string of the molecule is COc1cccc(/C=C2\Oc3cc(OCC(=O)OC(C)C)cc(C)c3C2=O)c1OC. The lowest BCUT2D eigenvalue weighted by Crippen LogP contribution is -2.18. The first-order valence-corrected chi connectivity index (χ1v) is 9.46. The Kier molecular flexibility index (Phi) is 6.30. The molecule has 1 heterocycles. The van der Waals surface area contributed by atoms with E-state index in [1.807, 2.05) is 0 Å². The van der Waals surface area contributed by atoms with Gasteiger partial charge in [-0.05, 0) is 44.5 Å². The van der Waals surface area contributed by atoms with Crippen molar-refractivity contribution in [3.63, 3.8) is 0 Å². The van der Waals surface area contributed by atoms with Crippen molar-refractivity contribution in [2.75, 3.05) is 20.8 Å². The third kappa shape index (κ3) is 4.40. The van der Waals surface area contributed by atoms with E-state index in [1.165, 1.54) is 7.11 Å². The topological polar surface area (TPSA) is 80.3 Å². The van der Waals surface area contributed by atoms with Crippen LogP contribution in [0.2, 0.25) is 0 Å². The number of ketones is 1. The zero-order chi connectivity index (χ0) is 21.8. The largest absolute Gasteiger partial charge is 0.493 e. The molecule has 0 aromatic heterocycles. The number of hydrogen-bond donors (Lipinski definition) is 0. The highest BCUT2D eigenvalue weighted by atomic mass is 16.6. The smallest absolute Gasteiger partial charge is 0.344 e. The van der Waals surface area contributed by atoms with Crippen molar-refractivity contribution in [3.05, 3.63) is 52.8 Å². The molecule has 2 aromatic rings. The predicted molar refractivity (Wildman–Crippen MR) is 110 cm³/mol. The number of benzene rings is 2. The zero-order valence-corrected chi connectivity index (χ0v) is 17.6. The first-order chi connectivity index (χ1) is 14.3. The van der Waals surface area contributed by atoms with Crippen LogP contribution >= 0.6 is 0 Å². The molecule has 2 aromatic carbocycles. The molecule has 158 valence electrons. The summed E-state index contributed by atoms with van der Waals surface area (Å²) in [6.07, 6.45) is 1.40. The second kappa shape index (κ2) is 8.90. The Balaban J connectivity index is 1.85. The first kappa shape index (κ1) is 21.2. The fraction of sp³-hybridized carbons (Fsp3) is 0.304. The fourth-order valence-electron chi connectivity index (χ4n) is 3.17. The Hall–Kier alpha value is -3.48. The Morgan fingerprint density at radius 1 is 1.17 bits per heavy atom. The van der Waals surface area contributed by atoms with Gasteiger partial charge < -0.3 is 23.7 Å². The number of carbonyl (C=O) groups is 2. The second-order valence-electron chi connectivity index (χ2n) is 6.96. The maximum absolute atomic E-state index is 12.9. The number of hydrogen-bond acceptors (Lipinski definition) is 7. The molecule has 0 saturated carbocycles. The molecule has 0 fully saturated rings. The zero-order valence-electron chi connectivity index (χ0n) is 17.6. The van der Waals surface area contributed by atoms with E-state index in [1.54, 1.807) is 64.3 Å². The average Bonchev–Trinajstić information content (AvgIpc) is 3.01. The molecule has 1 aliphatic heterocycles. The molecule has 0 radical (unpaired) electrons. The van der Waals surface area contributed by atoms with E-state index in [0.717, 1.165) is 0 Å². The molecule has 0 spiro atoms. The summed E-state index contributed by atoms with van der Waals surface area (Å²) in [6.45, 7) is 5.09. The summed E-state index contributed by atoms with van der Waals surface area (Å²) < 4.78 is 27.1. The van der Waals surface area contributed by atoms with Crippen molar-refractivity contribution in [2.24, 2.45) is 0 Å². The van der Waals surface area contributed by atoms with Gasteiger partial charge in [0, 0.05) is 11.6 Å². The molecule has 0 saturated heterocycles. The molecule has 0 N–H and O–H groups in total. The van der Waals surface area contributed by atoms with Gasteiger partial charge in [-0.15, -0.1) is 0 Å². The van der Waals surface area contributed by atoms with Crippen molar-refractivity contribution in [1.82, 2.24) is 0 Å². The van der Waals surface area contributed by atoms with Gasteiger partial charge in [-0.25, -0.2) is 4.79 Å². The fourth-order valence-corrected chi connectivity index (χ4v) is 3.17. The average molecular weight is 412 g/mol. The molecule has 0 aliphatic carbocycles. The maximum Gasteiger partial charge on any atom is 0.344 e. The van der Waals surface area contributed by atoms with Gasteiger partial charge in [0.1, 0.15) is 11.5 Å². The molecule has 30 heavy (non-hydrogen) atoms. The van der Waals surface area contributed by atoms with Gasteiger partial charge >= 0.3 is 5.97 Å². The van der Waals surface area contributed by atoms with E-state index in [9.17, 15) is 9.59 Å². The van der Waals surface area contributed by atoms with Crippen molar-refractivity contribution in [1.29, 1.82) is 0 Å². The molecule has 3 rings (SSSR count). The van der Waals surface area contributed by atoms with Gasteiger partial charge in [-0.1, -0.05) is 12.1 Å². The third-order valence-electron chi connectivity index (χ3n) is 4.39. The molecule has 7 heteroatoms. The molecular formula is C23H24O7. The van der Waals surface area contributed by atoms with Crippen LogP contribution in [0.3, 0.4) is 0 Å². The van der Waals surface area contributed by atoms with Gasteiger partial charge in [0.15, 0.2) is 23.9 Å². The first-order valence-electron chi connectivity index (χ1n) is 9.46. The van der Waals surface area contributed by atoms with Gasteiger partial charge in [-0.3, -0.25) is 4.79 Å². The van der Waals surface area contributed by atoms with Crippen LogP contribution in [-0.4, -0.2) is 38.7 Å². The minimum absolute atomic E-state index is 0.163. The number of rotatable bonds is 7. The van der Waals surface area contributed by atoms with Crippen molar-refractivity contribution in [3.8, 4) is 23.0 Å². The standard InChI is InChI=1S/C23H24O7/c1-13(2)29-20(24)12-28-16-9-14(3)21-18(11-16)30-19(22(21)25)10-15-7-6-8-17(26-4)23(15)27-5/h6-11,13H,12H2,1-5H3/b19-10-. The van der Waals surface area contributed by atoms with E-state index < -0.39 is 5.97 Å². The summed E-state index contributed by atoms with van der Waals surface area (Å²) >= 11 is 0. The Morgan fingerprint density at radius 2 is 1.93 bits per heavy atom. The van der Waals surface area contributed by atoms with Gasteiger partial charge in [0.2, 0.25) is 5.78 Å². The Bertz CT molecular complexity index is 1000. The van der Waals surface area contributed by atoms with Crippen molar-refractivity contribution in [2.45, 2.75) is 26.9 Å². The minimum atomic E-state index is -0.467. The van der Waals surface area contributed by atoms with Crippen LogP contribution in [0.15, 0.2) is 36.1 Å². The highest BCUT2D eigenvalue weighted by molar-refractivity contribution is 6.15. The number of methoxy groups -OCH3 is 2. The quantitative estimate of drug-likeness (QED) is 0.503. The lowest BCUT2D eigenvalue weighted by molar-refractivity contribution is -0.149. The lowest BCUT2D eigenvalue weighted by Gasteiger charge is -2.11. The van der Waals surface area contributed by atoms with Crippen LogP contribution in [0.1, 0.15) is 35.3 Å². The van der Waals surface area contributed by atoms with Crippen LogP contribution in [-0.2, 0) is 9.53 Å². The van der Waals surface area contributed by atoms with E-state index >= 15 is 0 Å². The van der Waals surface area contributed by atoms with Crippen molar-refractivity contribution >= 4 is 17.8 Å².